The molecule has 1 fully saturated rings. The number of hydrogen-bond acceptors (Lipinski definition) is 3. The highest BCUT2D eigenvalue weighted by molar-refractivity contribution is 6.31. The van der Waals surface area contributed by atoms with E-state index in [1.54, 1.807) is 0 Å². The molecule has 1 aromatic carbocycles. The summed E-state index contributed by atoms with van der Waals surface area (Å²) in [5, 5.41) is 5.24. The van der Waals surface area contributed by atoms with Gasteiger partial charge in [-0.1, -0.05) is 23.7 Å². The van der Waals surface area contributed by atoms with Gasteiger partial charge in [0.2, 0.25) is 0 Å². The number of fused-ring (bicyclic) bond motifs is 1. The lowest BCUT2D eigenvalue weighted by Crippen LogP contribution is -2.43. The van der Waals surface area contributed by atoms with Crippen LogP contribution in [0, 0.1) is 0 Å². The summed E-state index contributed by atoms with van der Waals surface area (Å²) >= 11 is 6.00. The fraction of sp³-hybridized carbons (Fsp3) is 0.357. The first-order valence-electron chi connectivity index (χ1n) is 6.29. The second-order valence-corrected chi connectivity index (χ2v) is 5.10. The van der Waals surface area contributed by atoms with E-state index in [-0.39, 0.29) is 0 Å². The molecule has 1 aromatic heterocycles. The summed E-state index contributed by atoms with van der Waals surface area (Å²) in [6.07, 6.45) is 0. The van der Waals surface area contributed by atoms with Crippen molar-refractivity contribution < 1.29 is 0 Å². The summed E-state index contributed by atoms with van der Waals surface area (Å²) in [5.74, 6) is 0. The van der Waals surface area contributed by atoms with Crippen molar-refractivity contribution in [2.24, 2.45) is 0 Å². The van der Waals surface area contributed by atoms with E-state index in [1.807, 2.05) is 18.2 Å². The molecule has 0 aliphatic carbocycles. The molecule has 1 aliphatic heterocycles. The van der Waals surface area contributed by atoms with E-state index in [9.17, 15) is 0 Å². The van der Waals surface area contributed by atoms with E-state index in [0.717, 1.165) is 54.3 Å². The lowest BCUT2D eigenvalue weighted by atomic mass is 10.2. The Balaban J connectivity index is 1.83. The molecule has 3 rings (SSSR count). The van der Waals surface area contributed by atoms with Crippen LogP contribution in [0.1, 0.15) is 5.69 Å². The molecule has 1 N–H and O–H groups in total. The van der Waals surface area contributed by atoms with E-state index in [2.05, 4.69) is 27.3 Å². The number of pyridine rings is 1. The average Bonchev–Trinajstić information content (AvgIpc) is 2.39. The SMILES string of the molecule is Clc1ccc2ccc(CN3CCNCC3)nc2c1. The average molecular weight is 262 g/mol. The van der Waals surface area contributed by atoms with Crippen molar-refractivity contribution in [2.75, 3.05) is 26.2 Å². The number of piperazine rings is 1. The van der Waals surface area contributed by atoms with Gasteiger partial charge in [-0.15, -0.1) is 0 Å². The second-order valence-electron chi connectivity index (χ2n) is 4.67. The van der Waals surface area contributed by atoms with Gasteiger partial charge in [0, 0.05) is 43.1 Å². The number of nitrogens with zero attached hydrogens (tertiary/aromatic N) is 2. The van der Waals surface area contributed by atoms with E-state index < -0.39 is 0 Å². The van der Waals surface area contributed by atoms with E-state index in [1.165, 1.54) is 0 Å². The third-order valence-corrected chi connectivity index (χ3v) is 3.54. The highest BCUT2D eigenvalue weighted by atomic mass is 35.5. The Labute approximate surface area is 112 Å². The molecule has 0 saturated carbocycles. The topological polar surface area (TPSA) is 28.2 Å². The van der Waals surface area contributed by atoms with Crippen molar-refractivity contribution in [3.05, 3.63) is 41.0 Å². The van der Waals surface area contributed by atoms with Gasteiger partial charge in [-0.2, -0.15) is 0 Å². The van der Waals surface area contributed by atoms with Crippen molar-refractivity contribution in [1.82, 2.24) is 15.2 Å². The standard InChI is InChI=1S/C14H16ClN3/c15-12-3-1-11-2-4-13(17-14(11)9-12)10-18-7-5-16-6-8-18/h1-4,9,16H,5-8,10H2. The monoisotopic (exact) mass is 261 g/mol. The van der Waals surface area contributed by atoms with Crippen LogP contribution in [0.5, 0.6) is 0 Å². The van der Waals surface area contributed by atoms with Crippen molar-refractivity contribution >= 4 is 22.5 Å². The van der Waals surface area contributed by atoms with Crippen LogP contribution in [0.2, 0.25) is 5.02 Å². The summed E-state index contributed by atoms with van der Waals surface area (Å²) in [6.45, 7) is 5.24. The van der Waals surface area contributed by atoms with E-state index in [4.69, 9.17) is 11.6 Å². The van der Waals surface area contributed by atoms with Crippen molar-refractivity contribution in [1.29, 1.82) is 0 Å². The number of nitrogens with one attached hydrogen (secondary N) is 1. The maximum absolute atomic E-state index is 6.00. The Kier molecular flexibility index (Phi) is 3.46. The predicted octanol–water partition coefficient (Wildman–Crippen LogP) is 2.29. The van der Waals surface area contributed by atoms with Gasteiger partial charge in [0.1, 0.15) is 0 Å². The minimum absolute atomic E-state index is 0.745. The lowest BCUT2D eigenvalue weighted by molar-refractivity contribution is 0.231. The van der Waals surface area contributed by atoms with Crippen LogP contribution in [0.4, 0.5) is 0 Å². The van der Waals surface area contributed by atoms with Crippen LogP contribution < -0.4 is 5.32 Å². The predicted molar refractivity (Wildman–Crippen MR) is 74.9 cm³/mol. The molecule has 2 aromatic rings. The Morgan fingerprint density at radius 3 is 2.78 bits per heavy atom. The molecule has 3 nitrogen and oxygen atoms in total. The van der Waals surface area contributed by atoms with Gasteiger partial charge in [0.25, 0.3) is 0 Å². The van der Waals surface area contributed by atoms with Crippen LogP contribution in [0.3, 0.4) is 0 Å². The number of benzene rings is 1. The lowest BCUT2D eigenvalue weighted by Gasteiger charge is -2.26. The molecule has 0 atom stereocenters. The summed E-state index contributed by atoms with van der Waals surface area (Å²) in [4.78, 5) is 7.11. The van der Waals surface area contributed by atoms with Gasteiger partial charge >= 0.3 is 0 Å². The minimum atomic E-state index is 0.745. The molecule has 4 heteroatoms. The Morgan fingerprint density at radius 1 is 1.17 bits per heavy atom. The van der Waals surface area contributed by atoms with Crippen LogP contribution in [-0.4, -0.2) is 36.1 Å². The Morgan fingerprint density at radius 2 is 1.94 bits per heavy atom. The van der Waals surface area contributed by atoms with Crippen molar-refractivity contribution in [3.63, 3.8) is 0 Å². The zero-order chi connectivity index (χ0) is 12.4. The van der Waals surface area contributed by atoms with Crippen LogP contribution in [-0.2, 0) is 6.54 Å². The van der Waals surface area contributed by atoms with Gasteiger partial charge in [-0.05, 0) is 18.2 Å². The zero-order valence-corrected chi connectivity index (χ0v) is 11.0. The Bertz CT molecular complexity index is 550. The minimum Gasteiger partial charge on any atom is -0.314 e. The number of halogens is 1. The Hall–Kier alpha value is -1.16. The quantitative estimate of drug-likeness (QED) is 0.899. The molecule has 94 valence electrons. The molecular formula is C14H16ClN3. The molecule has 2 heterocycles. The van der Waals surface area contributed by atoms with Crippen molar-refractivity contribution in [2.45, 2.75) is 6.54 Å². The maximum Gasteiger partial charge on any atom is 0.0720 e. The highest BCUT2D eigenvalue weighted by Gasteiger charge is 2.10. The third-order valence-electron chi connectivity index (χ3n) is 3.31. The first kappa shape index (κ1) is 11.9. The van der Waals surface area contributed by atoms with Crippen LogP contribution in [0.15, 0.2) is 30.3 Å². The first-order valence-corrected chi connectivity index (χ1v) is 6.67. The normalized spacial score (nSPS) is 17.2. The molecule has 0 unspecified atom stereocenters. The number of rotatable bonds is 2. The molecular weight excluding hydrogens is 246 g/mol. The number of aromatic nitrogens is 1. The first-order chi connectivity index (χ1) is 8.81. The summed E-state index contributed by atoms with van der Waals surface area (Å²) < 4.78 is 0. The largest absolute Gasteiger partial charge is 0.314 e. The molecule has 0 bridgehead atoms. The maximum atomic E-state index is 6.00. The van der Waals surface area contributed by atoms with Crippen LogP contribution in [0.25, 0.3) is 10.9 Å². The van der Waals surface area contributed by atoms with Gasteiger partial charge in [0.15, 0.2) is 0 Å². The molecule has 0 spiro atoms. The van der Waals surface area contributed by atoms with Gasteiger partial charge in [0.05, 0.1) is 11.2 Å². The smallest absolute Gasteiger partial charge is 0.0720 e. The number of hydrogen-bond donors (Lipinski definition) is 1. The van der Waals surface area contributed by atoms with E-state index in [0.29, 0.717) is 0 Å². The summed E-state index contributed by atoms with van der Waals surface area (Å²) in [5.41, 5.74) is 2.10. The van der Waals surface area contributed by atoms with Crippen LogP contribution >= 0.6 is 11.6 Å². The second kappa shape index (κ2) is 5.22. The highest BCUT2D eigenvalue weighted by Crippen LogP contribution is 2.18. The molecule has 1 saturated heterocycles. The third kappa shape index (κ3) is 2.64. The fourth-order valence-corrected chi connectivity index (χ4v) is 2.49. The summed E-state index contributed by atoms with van der Waals surface area (Å²) in [7, 11) is 0. The molecule has 0 radical (unpaired) electrons. The van der Waals surface area contributed by atoms with Crippen molar-refractivity contribution in [3.8, 4) is 0 Å². The summed E-state index contributed by atoms with van der Waals surface area (Å²) in [6, 6.07) is 10.1. The van der Waals surface area contributed by atoms with Gasteiger partial charge < -0.3 is 5.32 Å². The van der Waals surface area contributed by atoms with Gasteiger partial charge in [-0.25, -0.2) is 0 Å². The zero-order valence-electron chi connectivity index (χ0n) is 10.2. The fourth-order valence-electron chi connectivity index (χ4n) is 2.32. The molecule has 0 amide bonds. The molecule has 1 aliphatic rings. The van der Waals surface area contributed by atoms with E-state index >= 15 is 0 Å². The molecule has 18 heavy (non-hydrogen) atoms. The van der Waals surface area contributed by atoms with Gasteiger partial charge in [-0.3, -0.25) is 9.88 Å².